The summed E-state index contributed by atoms with van der Waals surface area (Å²) in [6.45, 7) is 4.80. The number of hydrazine groups is 1. The molecule has 0 fully saturated rings. The van der Waals surface area contributed by atoms with E-state index in [2.05, 4.69) is 26.5 Å². The van der Waals surface area contributed by atoms with E-state index in [0.717, 1.165) is 28.0 Å². The van der Waals surface area contributed by atoms with Gasteiger partial charge in [0.05, 0.1) is 22.6 Å². The van der Waals surface area contributed by atoms with Crippen LogP contribution >= 0.6 is 15.9 Å². The Morgan fingerprint density at radius 2 is 2.41 bits per heavy atom. The lowest BCUT2D eigenvalue weighted by Crippen LogP contribution is -2.31. The Balaban J connectivity index is 2.49. The van der Waals surface area contributed by atoms with Gasteiger partial charge in [0.15, 0.2) is 0 Å². The van der Waals surface area contributed by atoms with Gasteiger partial charge in [-0.1, -0.05) is 0 Å². The molecule has 0 radical (unpaired) electrons. The normalized spacial score (nSPS) is 12.9. The Hall–Kier alpha value is -1.11. The van der Waals surface area contributed by atoms with Gasteiger partial charge in [-0.15, -0.1) is 0 Å². The van der Waals surface area contributed by atoms with Crippen molar-refractivity contribution in [1.29, 1.82) is 0 Å². The molecule has 0 bridgehead atoms. The van der Waals surface area contributed by atoms with E-state index in [1.165, 1.54) is 0 Å². The number of nitrogens with zero attached hydrogens (tertiary/aromatic N) is 2. The summed E-state index contributed by atoms with van der Waals surface area (Å²) in [5, 5.41) is 4.28. The molecule has 0 aliphatic heterocycles. The Bertz CT molecular complexity index is 505. The minimum atomic E-state index is -0.207. The minimum absolute atomic E-state index is 0.207. The van der Waals surface area contributed by atoms with Gasteiger partial charge in [-0.2, -0.15) is 5.10 Å². The molecule has 0 saturated carbocycles. The van der Waals surface area contributed by atoms with E-state index >= 15 is 0 Å². The quantitative estimate of drug-likeness (QED) is 0.670. The maximum Gasteiger partial charge on any atom is 0.131 e. The average molecular weight is 299 g/mol. The summed E-state index contributed by atoms with van der Waals surface area (Å²) in [4.78, 5) is 0. The van der Waals surface area contributed by atoms with Crippen molar-refractivity contribution in [2.45, 2.75) is 26.4 Å². The van der Waals surface area contributed by atoms with E-state index in [9.17, 15) is 0 Å². The standard InChI is InChI=1S/C11H15BrN4O/c1-3-16-10(8(12)6-14-16)9(15-13)11-7(2)4-5-17-11/h4-6,9,15H,3,13H2,1-2H3. The van der Waals surface area contributed by atoms with Crippen molar-refractivity contribution in [1.82, 2.24) is 15.2 Å². The van der Waals surface area contributed by atoms with E-state index in [0.29, 0.717) is 0 Å². The number of nitrogens with two attached hydrogens (primary N) is 1. The van der Waals surface area contributed by atoms with Crippen LogP contribution in [0.15, 0.2) is 27.4 Å². The first-order chi connectivity index (χ1) is 8.19. The van der Waals surface area contributed by atoms with Crippen molar-refractivity contribution in [3.8, 4) is 0 Å². The first-order valence-electron chi connectivity index (χ1n) is 5.40. The molecule has 6 heteroatoms. The van der Waals surface area contributed by atoms with Crippen molar-refractivity contribution in [2.24, 2.45) is 5.84 Å². The van der Waals surface area contributed by atoms with Gasteiger partial charge >= 0.3 is 0 Å². The predicted octanol–water partition coefficient (Wildman–Crippen LogP) is 2.12. The van der Waals surface area contributed by atoms with Crippen LogP contribution in [0.5, 0.6) is 0 Å². The predicted molar refractivity (Wildman–Crippen MR) is 68.2 cm³/mol. The fraction of sp³-hybridized carbons (Fsp3) is 0.364. The monoisotopic (exact) mass is 298 g/mol. The van der Waals surface area contributed by atoms with Gasteiger partial charge in [0, 0.05) is 6.54 Å². The lowest BCUT2D eigenvalue weighted by molar-refractivity contribution is 0.429. The van der Waals surface area contributed by atoms with Crippen molar-refractivity contribution < 1.29 is 4.42 Å². The zero-order valence-corrected chi connectivity index (χ0v) is 11.4. The van der Waals surface area contributed by atoms with Gasteiger partial charge in [0.1, 0.15) is 11.8 Å². The van der Waals surface area contributed by atoms with Gasteiger partial charge in [0.2, 0.25) is 0 Å². The average Bonchev–Trinajstić information content (AvgIpc) is 2.89. The molecule has 0 saturated heterocycles. The lowest BCUT2D eigenvalue weighted by Gasteiger charge is -2.16. The number of aromatic nitrogens is 2. The van der Waals surface area contributed by atoms with E-state index in [1.54, 1.807) is 12.5 Å². The fourth-order valence-corrected chi connectivity index (χ4v) is 2.40. The zero-order chi connectivity index (χ0) is 12.4. The number of rotatable bonds is 4. The van der Waals surface area contributed by atoms with Crippen LogP contribution < -0.4 is 11.3 Å². The highest BCUT2D eigenvalue weighted by atomic mass is 79.9. The van der Waals surface area contributed by atoms with E-state index in [4.69, 9.17) is 10.3 Å². The molecule has 5 nitrogen and oxygen atoms in total. The Kier molecular flexibility index (Phi) is 3.66. The van der Waals surface area contributed by atoms with Gasteiger partial charge in [0.25, 0.3) is 0 Å². The Labute approximate surface area is 108 Å². The smallest absolute Gasteiger partial charge is 0.131 e. The molecule has 2 heterocycles. The highest BCUT2D eigenvalue weighted by Crippen LogP contribution is 2.30. The number of aryl methyl sites for hydroxylation is 2. The van der Waals surface area contributed by atoms with Gasteiger partial charge in [-0.05, 0) is 41.4 Å². The van der Waals surface area contributed by atoms with Crippen LogP contribution in [0.3, 0.4) is 0 Å². The molecule has 0 amide bonds. The van der Waals surface area contributed by atoms with E-state index in [1.807, 2.05) is 24.6 Å². The van der Waals surface area contributed by atoms with Crippen molar-refractivity contribution >= 4 is 15.9 Å². The van der Waals surface area contributed by atoms with Crippen LogP contribution in [0.1, 0.15) is 30.0 Å². The lowest BCUT2D eigenvalue weighted by atomic mass is 10.1. The summed E-state index contributed by atoms with van der Waals surface area (Å²) >= 11 is 3.49. The largest absolute Gasteiger partial charge is 0.467 e. The number of hydrogen-bond donors (Lipinski definition) is 2. The number of halogens is 1. The molecule has 92 valence electrons. The number of furan rings is 1. The second-order valence-electron chi connectivity index (χ2n) is 3.76. The molecule has 0 aliphatic carbocycles. The van der Waals surface area contributed by atoms with Crippen LogP contribution in [0.25, 0.3) is 0 Å². The summed E-state index contributed by atoms with van der Waals surface area (Å²) in [5.41, 5.74) is 4.80. The molecule has 0 spiro atoms. The second-order valence-corrected chi connectivity index (χ2v) is 4.62. The molecular formula is C11H15BrN4O. The molecule has 2 aromatic rings. The van der Waals surface area contributed by atoms with Crippen molar-refractivity contribution in [3.63, 3.8) is 0 Å². The first-order valence-corrected chi connectivity index (χ1v) is 6.19. The zero-order valence-electron chi connectivity index (χ0n) is 9.77. The topological polar surface area (TPSA) is 69.0 Å². The fourth-order valence-electron chi connectivity index (χ4n) is 1.87. The number of hydrogen-bond acceptors (Lipinski definition) is 4. The minimum Gasteiger partial charge on any atom is -0.467 e. The molecule has 1 unspecified atom stereocenters. The van der Waals surface area contributed by atoms with E-state index < -0.39 is 0 Å². The summed E-state index contributed by atoms with van der Waals surface area (Å²) in [5.74, 6) is 6.45. The van der Waals surface area contributed by atoms with Crippen molar-refractivity contribution in [3.05, 3.63) is 40.0 Å². The third-order valence-electron chi connectivity index (χ3n) is 2.74. The van der Waals surface area contributed by atoms with Crippen LogP contribution in [-0.4, -0.2) is 9.78 Å². The van der Waals surface area contributed by atoms with Gasteiger partial charge < -0.3 is 4.42 Å². The van der Waals surface area contributed by atoms with E-state index in [-0.39, 0.29) is 6.04 Å². The maximum atomic E-state index is 5.64. The summed E-state index contributed by atoms with van der Waals surface area (Å²) in [6, 6.07) is 1.71. The van der Waals surface area contributed by atoms with Crippen molar-refractivity contribution in [2.75, 3.05) is 0 Å². The second kappa shape index (κ2) is 5.03. The van der Waals surface area contributed by atoms with Crippen LogP contribution in [0.2, 0.25) is 0 Å². The third kappa shape index (κ3) is 2.15. The van der Waals surface area contributed by atoms with Crippen LogP contribution in [-0.2, 0) is 6.54 Å². The highest BCUT2D eigenvalue weighted by molar-refractivity contribution is 9.10. The molecule has 0 aromatic carbocycles. The molecule has 0 aliphatic rings. The molecule has 2 aromatic heterocycles. The summed E-state index contributed by atoms with van der Waals surface area (Å²) < 4.78 is 8.29. The Morgan fingerprint density at radius 3 is 2.94 bits per heavy atom. The first kappa shape index (κ1) is 12.3. The molecule has 17 heavy (non-hydrogen) atoms. The molecule has 2 rings (SSSR count). The third-order valence-corrected chi connectivity index (χ3v) is 3.35. The SMILES string of the molecule is CCn1ncc(Br)c1C(NN)c1occc1C. The summed E-state index contributed by atoms with van der Waals surface area (Å²) in [7, 11) is 0. The molecule has 3 N–H and O–H groups in total. The van der Waals surface area contributed by atoms with Crippen LogP contribution in [0.4, 0.5) is 0 Å². The van der Waals surface area contributed by atoms with Gasteiger partial charge in [-0.25, -0.2) is 5.43 Å². The maximum absolute atomic E-state index is 5.64. The summed E-state index contributed by atoms with van der Waals surface area (Å²) in [6.07, 6.45) is 3.43. The van der Waals surface area contributed by atoms with Gasteiger partial charge in [-0.3, -0.25) is 10.5 Å². The highest BCUT2D eigenvalue weighted by Gasteiger charge is 2.24. The van der Waals surface area contributed by atoms with Crippen LogP contribution in [0, 0.1) is 6.92 Å². The number of nitrogens with one attached hydrogen (secondary N) is 1. The molecule has 1 atom stereocenters. The molecular weight excluding hydrogens is 284 g/mol. The Morgan fingerprint density at radius 1 is 1.65 bits per heavy atom.